The molecule has 0 saturated heterocycles. The van der Waals surface area contributed by atoms with Gasteiger partial charge in [0.15, 0.2) is 0 Å². The van der Waals surface area contributed by atoms with Crippen molar-refractivity contribution < 1.29 is 9.53 Å². The summed E-state index contributed by atoms with van der Waals surface area (Å²) in [5.74, 6) is 0.516. The third-order valence-electron chi connectivity index (χ3n) is 3.94. The number of nitrogens with one attached hydrogen (secondary N) is 1. The van der Waals surface area contributed by atoms with Crippen molar-refractivity contribution in [2.24, 2.45) is 5.10 Å². The third-order valence-corrected chi connectivity index (χ3v) is 4.18. The van der Waals surface area contributed by atoms with Crippen molar-refractivity contribution in [3.05, 3.63) is 100 Å². The van der Waals surface area contributed by atoms with Gasteiger partial charge < -0.3 is 4.74 Å². The van der Waals surface area contributed by atoms with Crippen LogP contribution in [0.15, 0.2) is 77.9 Å². The van der Waals surface area contributed by atoms with Crippen LogP contribution < -0.4 is 10.2 Å². The van der Waals surface area contributed by atoms with Gasteiger partial charge in [0.05, 0.1) is 6.21 Å². The second-order valence-electron chi connectivity index (χ2n) is 6.00. The number of nitrogens with zero attached hydrogens (tertiary/aromatic N) is 1. The van der Waals surface area contributed by atoms with Gasteiger partial charge in [0.25, 0.3) is 5.91 Å². The number of carbonyl (C=O) groups is 1. The fourth-order valence-corrected chi connectivity index (χ4v) is 2.71. The Morgan fingerprint density at radius 2 is 1.85 bits per heavy atom. The highest BCUT2D eigenvalue weighted by Crippen LogP contribution is 2.16. The Morgan fingerprint density at radius 1 is 1.07 bits per heavy atom. The van der Waals surface area contributed by atoms with Gasteiger partial charge in [0, 0.05) is 10.6 Å². The number of rotatable bonds is 6. The van der Waals surface area contributed by atoms with Crippen molar-refractivity contribution in [1.82, 2.24) is 5.43 Å². The number of hydrazone groups is 1. The molecule has 0 radical (unpaired) electrons. The molecule has 0 atom stereocenters. The molecule has 0 heterocycles. The van der Waals surface area contributed by atoms with Gasteiger partial charge in [-0.25, -0.2) is 5.43 Å². The summed E-state index contributed by atoms with van der Waals surface area (Å²) in [5, 5.41) is 4.70. The van der Waals surface area contributed by atoms with Crippen LogP contribution in [0.1, 0.15) is 27.0 Å². The molecule has 0 aliphatic carbocycles. The highest BCUT2D eigenvalue weighted by atomic mass is 35.5. The summed E-state index contributed by atoms with van der Waals surface area (Å²) in [4.78, 5) is 12.1. The largest absolute Gasteiger partial charge is 0.489 e. The topological polar surface area (TPSA) is 50.7 Å². The van der Waals surface area contributed by atoms with E-state index in [1.807, 2.05) is 73.7 Å². The first kappa shape index (κ1) is 18.7. The Bertz CT molecular complexity index is 953. The van der Waals surface area contributed by atoms with Gasteiger partial charge in [-0.2, -0.15) is 5.10 Å². The monoisotopic (exact) mass is 378 g/mol. The standard InChI is InChI=1S/C22H19ClN2O2/c1-16-5-2-3-8-21(16)22(26)25-24-14-17-9-11-20(12-10-17)27-15-18-6-4-7-19(23)13-18/h2-14H,15H2,1H3,(H,25,26)/b24-14+. The summed E-state index contributed by atoms with van der Waals surface area (Å²) in [5.41, 5.74) is 5.92. The molecule has 0 bridgehead atoms. The molecule has 3 aromatic rings. The van der Waals surface area contributed by atoms with E-state index in [1.165, 1.54) is 0 Å². The molecular formula is C22H19ClN2O2. The van der Waals surface area contributed by atoms with Gasteiger partial charge in [-0.15, -0.1) is 0 Å². The second-order valence-corrected chi connectivity index (χ2v) is 6.44. The average Bonchev–Trinajstić information content (AvgIpc) is 2.68. The Labute approximate surface area is 163 Å². The maximum atomic E-state index is 12.1. The minimum Gasteiger partial charge on any atom is -0.489 e. The fraction of sp³-hybridized carbons (Fsp3) is 0.0909. The molecule has 5 heteroatoms. The quantitative estimate of drug-likeness (QED) is 0.485. The predicted molar refractivity (Wildman–Crippen MR) is 108 cm³/mol. The molecule has 0 saturated carbocycles. The van der Waals surface area contributed by atoms with Gasteiger partial charge in [-0.05, 0) is 66.1 Å². The first-order chi connectivity index (χ1) is 13.1. The van der Waals surface area contributed by atoms with Crippen LogP contribution >= 0.6 is 11.6 Å². The minimum atomic E-state index is -0.231. The number of hydrogen-bond acceptors (Lipinski definition) is 3. The zero-order valence-corrected chi connectivity index (χ0v) is 15.6. The molecule has 1 amide bonds. The van der Waals surface area contributed by atoms with Crippen LogP contribution in [-0.2, 0) is 6.61 Å². The minimum absolute atomic E-state index is 0.231. The van der Waals surface area contributed by atoms with E-state index in [1.54, 1.807) is 12.3 Å². The highest BCUT2D eigenvalue weighted by molar-refractivity contribution is 6.30. The summed E-state index contributed by atoms with van der Waals surface area (Å²) in [6, 6.07) is 22.4. The van der Waals surface area contributed by atoms with Gasteiger partial charge in [-0.1, -0.05) is 41.9 Å². The van der Waals surface area contributed by atoms with E-state index in [0.717, 1.165) is 22.4 Å². The number of aryl methyl sites for hydroxylation is 1. The molecule has 136 valence electrons. The van der Waals surface area contributed by atoms with Gasteiger partial charge in [-0.3, -0.25) is 4.79 Å². The number of halogens is 1. The number of ether oxygens (including phenoxy) is 1. The lowest BCUT2D eigenvalue weighted by atomic mass is 10.1. The van der Waals surface area contributed by atoms with Crippen molar-refractivity contribution >= 4 is 23.7 Å². The van der Waals surface area contributed by atoms with E-state index in [0.29, 0.717) is 17.2 Å². The maximum absolute atomic E-state index is 12.1. The molecule has 1 N–H and O–H groups in total. The summed E-state index contributed by atoms with van der Waals surface area (Å²) in [7, 11) is 0. The predicted octanol–water partition coefficient (Wildman–Crippen LogP) is 4.99. The van der Waals surface area contributed by atoms with Crippen molar-refractivity contribution in [2.75, 3.05) is 0 Å². The summed E-state index contributed by atoms with van der Waals surface area (Å²) < 4.78 is 5.74. The van der Waals surface area contributed by atoms with Crippen molar-refractivity contribution in [3.63, 3.8) is 0 Å². The SMILES string of the molecule is Cc1ccccc1C(=O)N/N=C/c1ccc(OCc2cccc(Cl)c2)cc1. The number of amides is 1. The third kappa shape index (κ3) is 5.43. The van der Waals surface area contributed by atoms with Gasteiger partial charge in [0.2, 0.25) is 0 Å². The molecule has 3 aromatic carbocycles. The molecule has 0 unspecified atom stereocenters. The maximum Gasteiger partial charge on any atom is 0.271 e. The van der Waals surface area contributed by atoms with Gasteiger partial charge >= 0.3 is 0 Å². The summed E-state index contributed by atoms with van der Waals surface area (Å²) >= 11 is 5.97. The van der Waals surface area contributed by atoms with Crippen LogP contribution in [-0.4, -0.2) is 12.1 Å². The summed E-state index contributed by atoms with van der Waals surface area (Å²) in [6.07, 6.45) is 1.59. The lowest BCUT2D eigenvalue weighted by Crippen LogP contribution is -2.18. The van der Waals surface area contributed by atoms with E-state index < -0.39 is 0 Å². The molecule has 3 rings (SSSR count). The van der Waals surface area contributed by atoms with Crippen molar-refractivity contribution in [1.29, 1.82) is 0 Å². The smallest absolute Gasteiger partial charge is 0.271 e. The zero-order chi connectivity index (χ0) is 19.1. The number of hydrogen-bond donors (Lipinski definition) is 1. The Hall–Kier alpha value is -3.11. The van der Waals surface area contributed by atoms with Crippen molar-refractivity contribution in [3.8, 4) is 5.75 Å². The molecule has 0 spiro atoms. The first-order valence-electron chi connectivity index (χ1n) is 8.48. The molecule has 0 fully saturated rings. The Balaban J connectivity index is 1.53. The van der Waals surface area contributed by atoms with E-state index in [4.69, 9.17) is 16.3 Å². The molecule has 0 aliphatic rings. The molecular weight excluding hydrogens is 360 g/mol. The van der Waals surface area contributed by atoms with Crippen LogP contribution in [0.4, 0.5) is 0 Å². The normalized spacial score (nSPS) is 10.7. The van der Waals surface area contributed by atoms with Crippen LogP contribution in [0.5, 0.6) is 5.75 Å². The van der Waals surface area contributed by atoms with Crippen LogP contribution in [0.2, 0.25) is 5.02 Å². The first-order valence-corrected chi connectivity index (χ1v) is 8.86. The van der Waals surface area contributed by atoms with E-state index in [-0.39, 0.29) is 5.91 Å². The molecule has 0 aromatic heterocycles. The average molecular weight is 379 g/mol. The van der Waals surface area contributed by atoms with Crippen LogP contribution in [0.3, 0.4) is 0 Å². The molecule has 0 aliphatic heterocycles. The molecule has 4 nitrogen and oxygen atoms in total. The van der Waals surface area contributed by atoms with E-state index in [9.17, 15) is 4.79 Å². The second kappa shape index (κ2) is 9.01. The van der Waals surface area contributed by atoms with Gasteiger partial charge in [0.1, 0.15) is 12.4 Å². The molecule has 27 heavy (non-hydrogen) atoms. The van der Waals surface area contributed by atoms with Crippen LogP contribution in [0.25, 0.3) is 0 Å². The highest BCUT2D eigenvalue weighted by Gasteiger charge is 2.06. The lowest BCUT2D eigenvalue weighted by Gasteiger charge is -2.07. The Kier molecular flexibility index (Phi) is 6.23. The fourth-order valence-electron chi connectivity index (χ4n) is 2.50. The van der Waals surface area contributed by atoms with E-state index in [2.05, 4.69) is 10.5 Å². The Morgan fingerprint density at radius 3 is 2.59 bits per heavy atom. The van der Waals surface area contributed by atoms with Crippen molar-refractivity contribution in [2.45, 2.75) is 13.5 Å². The number of carbonyl (C=O) groups excluding carboxylic acids is 1. The lowest BCUT2D eigenvalue weighted by molar-refractivity contribution is 0.0954. The number of benzene rings is 3. The van der Waals surface area contributed by atoms with E-state index >= 15 is 0 Å². The summed E-state index contributed by atoms with van der Waals surface area (Å²) in [6.45, 7) is 2.33. The van der Waals surface area contributed by atoms with Crippen LogP contribution in [0, 0.1) is 6.92 Å². The zero-order valence-electron chi connectivity index (χ0n) is 14.9.